The molecule has 4 nitrogen and oxygen atoms in total. The first-order valence-corrected chi connectivity index (χ1v) is 6.88. The molecular weight excluding hydrogens is 282 g/mol. The van der Waals surface area contributed by atoms with Crippen molar-refractivity contribution in [2.75, 3.05) is 19.4 Å². The van der Waals surface area contributed by atoms with Crippen molar-refractivity contribution < 1.29 is 4.79 Å². The van der Waals surface area contributed by atoms with E-state index in [9.17, 15) is 4.79 Å². The number of rotatable bonds is 3. The fraction of sp³-hybridized carbons (Fsp3) is 0.231. The van der Waals surface area contributed by atoms with Gasteiger partial charge in [-0.25, -0.2) is 4.98 Å². The fourth-order valence-corrected chi connectivity index (χ4v) is 2.64. The number of hydrogen-bond donors (Lipinski definition) is 1. The highest BCUT2D eigenvalue weighted by molar-refractivity contribution is 7.17. The van der Waals surface area contributed by atoms with Gasteiger partial charge in [0.15, 0.2) is 5.13 Å². The second-order valence-electron chi connectivity index (χ2n) is 4.27. The molecular formula is C13H14ClN3OS. The molecule has 0 aliphatic heterocycles. The summed E-state index contributed by atoms with van der Waals surface area (Å²) in [6.07, 6.45) is 0. The van der Waals surface area contributed by atoms with Gasteiger partial charge in [-0.3, -0.25) is 4.79 Å². The molecule has 0 saturated heterocycles. The van der Waals surface area contributed by atoms with Crippen molar-refractivity contribution in [1.29, 1.82) is 0 Å². The zero-order chi connectivity index (χ0) is 14.0. The summed E-state index contributed by atoms with van der Waals surface area (Å²) in [7, 11) is 3.46. The van der Waals surface area contributed by atoms with Gasteiger partial charge >= 0.3 is 0 Å². The number of hydrogen-bond acceptors (Lipinski definition) is 4. The van der Waals surface area contributed by atoms with Gasteiger partial charge in [-0.05, 0) is 31.2 Å². The fourth-order valence-electron chi connectivity index (χ4n) is 1.51. The summed E-state index contributed by atoms with van der Waals surface area (Å²) < 4.78 is 0. The summed E-state index contributed by atoms with van der Waals surface area (Å²) in [6, 6.07) is 7.34. The van der Waals surface area contributed by atoms with Crippen LogP contribution in [0.3, 0.4) is 0 Å². The molecule has 0 unspecified atom stereocenters. The maximum atomic E-state index is 11.9. The highest BCUT2D eigenvalue weighted by atomic mass is 35.5. The molecule has 0 radical (unpaired) electrons. The molecule has 0 bridgehead atoms. The molecule has 1 aromatic heterocycles. The van der Waals surface area contributed by atoms with Crippen molar-refractivity contribution in [3.05, 3.63) is 39.9 Å². The smallest absolute Gasteiger partial charge is 0.265 e. The molecule has 0 saturated carbocycles. The Morgan fingerprint density at radius 2 is 1.95 bits per heavy atom. The van der Waals surface area contributed by atoms with Gasteiger partial charge in [0.2, 0.25) is 0 Å². The molecule has 0 fully saturated rings. The summed E-state index contributed by atoms with van der Waals surface area (Å²) in [5.74, 6) is -0.0286. The summed E-state index contributed by atoms with van der Waals surface area (Å²) >= 11 is 7.18. The normalized spacial score (nSPS) is 10.3. The van der Waals surface area contributed by atoms with Crippen LogP contribution in [0.4, 0.5) is 10.8 Å². The van der Waals surface area contributed by atoms with Gasteiger partial charge in [-0.15, -0.1) is 0 Å². The lowest BCUT2D eigenvalue weighted by molar-refractivity contribution is 0.0831. The lowest BCUT2D eigenvalue weighted by atomic mass is 10.3. The minimum absolute atomic E-state index is 0.0286. The van der Waals surface area contributed by atoms with Crippen molar-refractivity contribution in [2.45, 2.75) is 6.92 Å². The van der Waals surface area contributed by atoms with Crippen molar-refractivity contribution in [3.63, 3.8) is 0 Å². The molecule has 0 atom stereocenters. The van der Waals surface area contributed by atoms with Crippen molar-refractivity contribution >= 4 is 39.7 Å². The van der Waals surface area contributed by atoms with Crippen LogP contribution in [0.25, 0.3) is 0 Å². The minimum Gasteiger partial charge on any atom is -0.344 e. The van der Waals surface area contributed by atoms with Crippen LogP contribution in [-0.4, -0.2) is 29.9 Å². The Hall–Kier alpha value is -1.59. The summed E-state index contributed by atoms with van der Waals surface area (Å²) in [4.78, 5) is 18.5. The predicted molar refractivity (Wildman–Crippen MR) is 79.6 cm³/mol. The van der Waals surface area contributed by atoms with E-state index in [1.165, 1.54) is 11.3 Å². The number of nitrogens with zero attached hydrogens (tertiary/aromatic N) is 2. The Labute approximate surface area is 121 Å². The first-order chi connectivity index (χ1) is 8.97. The molecule has 0 spiro atoms. The number of anilines is 2. The summed E-state index contributed by atoms with van der Waals surface area (Å²) in [5.41, 5.74) is 1.63. The molecule has 1 aromatic carbocycles. The predicted octanol–water partition coefficient (Wildman–Crippen LogP) is 3.55. The van der Waals surface area contributed by atoms with Crippen molar-refractivity contribution in [1.82, 2.24) is 9.88 Å². The van der Waals surface area contributed by atoms with Crippen LogP contribution in [-0.2, 0) is 0 Å². The monoisotopic (exact) mass is 295 g/mol. The van der Waals surface area contributed by atoms with Crippen molar-refractivity contribution in [3.8, 4) is 0 Å². The van der Waals surface area contributed by atoms with Crippen LogP contribution in [0.2, 0.25) is 5.02 Å². The average Bonchev–Trinajstić information content (AvgIpc) is 2.72. The molecule has 100 valence electrons. The summed E-state index contributed by atoms with van der Waals surface area (Å²) in [6.45, 7) is 1.83. The number of nitrogens with one attached hydrogen (secondary N) is 1. The van der Waals surface area contributed by atoms with Crippen molar-refractivity contribution in [2.24, 2.45) is 0 Å². The number of aryl methyl sites for hydroxylation is 1. The van der Waals surface area contributed by atoms with E-state index in [1.54, 1.807) is 31.1 Å². The van der Waals surface area contributed by atoms with Gasteiger partial charge in [0.05, 0.1) is 5.69 Å². The number of aromatic nitrogens is 1. The number of halogens is 1. The lowest BCUT2D eigenvalue weighted by Gasteiger charge is -2.07. The molecule has 0 aliphatic carbocycles. The van der Waals surface area contributed by atoms with Crippen LogP contribution >= 0.6 is 22.9 Å². The topological polar surface area (TPSA) is 45.2 Å². The SMILES string of the molecule is Cc1nc(Nc2ccc(Cl)cc2)sc1C(=O)N(C)C. The average molecular weight is 296 g/mol. The first kappa shape index (κ1) is 13.8. The minimum atomic E-state index is -0.0286. The third-order valence-electron chi connectivity index (χ3n) is 2.49. The van der Waals surface area contributed by atoms with Crippen LogP contribution in [0.1, 0.15) is 15.4 Å². The van der Waals surface area contributed by atoms with Gasteiger partial charge in [-0.2, -0.15) is 0 Å². The highest BCUT2D eigenvalue weighted by Crippen LogP contribution is 2.27. The number of amides is 1. The van der Waals surface area contributed by atoms with Crippen LogP contribution in [0, 0.1) is 6.92 Å². The van der Waals surface area contributed by atoms with Gasteiger partial charge in [0.25, 0.3) is 5.91 Å². The van der Waals surface area contributed by atoms with E-state index in [0.717, 1.165) is 11.4 Å². The molecule has 1 amide bonds. The van der Waals surface area contributed by atoms with E-state index in [2.05, 4.69) is 10.3 Å². The molecule has 0 aliphatic rings. The number of carbonyl (C=O) groups is 1. The Bertz CT molecular complexity index is 592. The van der Waals surface area contributed by atoms with E-state index in [-0.39, 0.29) is 5.91 Å². The van der Waals surface area contributed by atoms with E-state index in [1.807, 2.05) is 19.1 Å². The van der Waals surface area contributed by atoms with E-state index in [4.69, 9.17) is 11.6 Å². The quantitative estimate of drug-likeness (QED) is 0.942. The van der Waals surface area contributed by atoms with Gasteiger partial charge in [-0.1, -0.05) is 22.9 Å². The zero-order valence-corrected chi connectivity index (χ0v) is 12.5. The number of thiazole rings is 1. The zero-order valence-electron chi connectivity index (χ0n) is 10.9. The second kappa shape index (κ2) is 5.59. The lowest BCUT2D eigenvalue weighted by Crippen LogP contribution is -2.21. The van der Waals surface area contributed by atoms with E-state index < -0.39 is 0 Å². The highest BCUT2D eigenvalue weighted by Gasteiger charge is 2.16. The van der Waals surface area contributed by atoms with Gasteiger partial charge in [0.1, 0.15) is 4.88 Å². The van der Waals surface area contributed by atoms with Crippen LogP contribution in [0.5, 0.6) is 0 Å². The molecule has 1 N–H and O–H groups in total. The first-order valence-electron chi connectivity index (χ1n) is 5.69. The molecule has 6 heteroatoms. The van der Waals surface area contributed by atoms with E-state index in [0.29, 0.717) is 15.0 Å². The number of benzene rings is 1. The molecule has 1 heterocycles. The Kier molecular flexibility index (Phi) is 4.07. The molecule has 19 heavy (non-hydrogen) atoms. The maximum absolute atomic E-state index is 11.9. The molecule has 2 aromatic rings. The van der Waals surface area contributed by atoms with Crippen LogP contribution in [0.15, 0.2) is 24.3 Å². The largest absolute Gasteiger partial charge is 0.344 e. The second-order valence-corrected chi connectivity index (χ2v) is 5.70. The Morgan fingerprint density at radius 1 is 1.32 bits per heavy atom. The number of carbonyl (C=O) groups excluding carboxylic acids is 1. The summed E-state index contributed by atoms with van der Waals surface area (Å²) in [5, 5.41) is 4.55. The van der Waals surface area contributed by atoms with Gasteiger partial charge < -0.3 is 10.2 Å². The third kappa shape index (κ3) is 3.24. The third-order valence-corrected chi connectivity index (χ3v) is 3.81. The van der Waals surface area contributed by atoms with Gasteiger partial charge in [0, 0.05) is 24.8 Å². The maximum Gasteiger partial charge on any atom is 0.265 e. The Balaban J connectivity index is 2.21. The standard InChI is InChI=1S/C13H14ClN3OS/c1-8-11(12(18)17(2)3)19-13(15-8)16-10-6-4-9(14)5-7-10/h4-7H,1-3H3,(H,15,16). The molecule has 2 rings (SSSR count). The van der Waals surface area contributed by atoms with Crippen LogP contribution < -0.4 is 5.32 Å². The Morgan fingerprint density at radius 3 is 2.53 bits per heavy atom. The van der Waals surface area contributed by atoms with E-state index >= 15 is 0 Å².